The van der Waals surface area contributed by atoms with Crippen LogP contribution in [0.1, 0.15) is 83.0 Å². The van der Waals surface area contributed by atoms with E-state index in [-0.39, 0.29) is 18.4 Å². The number of hydrogen-bond donors (Lipinski definition) is 1. The summed E-state index contributed by atoms with van der Waals surface area (Å²) in [6, 6.07) is 9.42. The zero-order chi connectivity index (χ0) is 26.0. The molecule has 1 aliphatic rings. The summed E-state index contributed by atoms with van der Waals surface area (Å²) >= 11 is 0. The van der Waals surface area contributed by atoms with Crippen LogP contribution in [0.3, 0.4) is 0 Å². The minimum Gasteiger partial charge on any atom is -0.443 e. The molecule has 8 nitrogen and oxygen atoms in total. The predicted octanol–water partition coefficient (Wildman–Crippen LogP) is 6.19. The normalized spacial score (nSPS) is 14.0. The molecule has 0 atom stereocenters. The lowest BCUT2D eigenvalue weighted by Crippen LogP contribution is -2.37. The number of allylic oxidation sites excluding steroid dienone is 1. The van der Waals surface area contributed by atoms with Crippen LogP contribution >= 0.6 is 0 Å². The molecular weight excluding hydrogens is 454 g/mol. The molecule has 1 aromatic carbocycles. The van der Waals surface area contributed by atoms with Crippen molar-refractivity contribution in [3.05, 3.63) is 65.5 Å². The molecule has 1 aliphatic carbocycles. The second-order valence-corrected chi connectivity index (χ2v) is 10.6. The number of fused-ring (bicyclic) bond motifs is 1. The summed E-state index contributed by atoms with van der Waals surface area (Å²) in [7, 11) is 0. The molecule has 0 unspecified atom stereocenters. The highest BCUT2D eigenvalue weighted by Gasteiger charge is 2.31. The first-order valence-corrected chi connectivity index (χ1v) is 12.5. The average molecular weight is 490 g/mol. The maximum Gasteiger partial charge on any atom is 0.416 e. The molecule has 0 radical (unpaired) electrons. The quantitative estimate of drug-likeness (QED) is 0.400. The van der Waals surface area contributed by atoms with Crippen LogP contribution in [-0.4, -0.2) is 32.2 Å². The highest BCUT2D eigenvalue weighted by Crippen LogP contribution is 2.41. The lowest BCUT2D eigenvalue weighted by molar-refractivity contribution is -0.111. The molecule has 0 aliphatic heterocycles. The van der Waals surface area contributed by atoms with E-state index in [1.807, 2.05) is 57.3 Å². The van der Waals surface area contributed by atoms with Crippen LogP contribution in [0.25, 0.3) is 5.65 Å². The van der Waals surface area contributed by atoms with Gasteiger partial charge in [0, 0.05) is 28.9 Å². The number of rotatable bonds is 7. The van der Waals surface area contributed by atoms with Gasteiger partial charge in [-0.05, 0) is 70.2 Å². The molecule has 2 amide bonds. The Hall–Kier alpha value is -3.68. The molecule has 1 fully saturated rings. The van der Waals surface area contributed by atoms with E-state index in [2.05, 4.69) is 24.3 Å². The smallest absolute Gasteiger partial charge is 0.416 e. The molecular formula is C28H35N5O3. The maximum absolute atomic E-state index is 13.6. The second-order valence-electron chi connectivity index (χ2n) is 10.6. The summed E-state index contributed by atoms with van der Waals surface area (Å²) in [6.45, 7) is 11.8. The average Bonchev–Trinajstić information content (AvgIpc) is 3.54. The number of nitrogens with one attached hydrogen (secondary N) is 1. The Kier molecular flexibility index (Phi) is 7.15. The van der Waals surface area contributed by atoms with Crippen LogP contribution in [0.4, 0.5) is 16.3 Å². The van der Waals surface area contributed by atoms with Crippen molar-refractivity contribution in [2.24, 2.45) is 0 Å². The highest BCUT2D eigenvalue weighted by atomic mass is 16.6. The first-order chi connectivity index (χ1) is 17.1. The third-order valence-corrected chi connectivity index (χ3v) is 5.86. The molecule has 1 saturated carbocycles. The van der Waals surface area contributed by atoms with Crippen LogP contribution in [0.15, 0.2) is 48.7 Å². The fourth-order valence-electron chi connectivity index (χ4n) is 3.99. The van der Waals surface area contributed by atoms with Crippen molar-refractivity contribution in [1.29, 1.82) is 0 Å². The number of ether oxygens (including phenoxy) is 1. The van der Waals surface area contributed by atoms with Gasteiger partial charge in [0.1, 0.15) is 11.4 Å². The maximum atomic E-state index is 13.6. The van der Waals surface area contributed by atoms with Crippen molar-refractivity contribution in [3.8, 4) is 0 Å². The Morgan fingerprint density at radius 1 is 1.25 bits per heavy atom. The summed E-state index contributed by atoms with van der Waals surface area (Å²) in [5.41, 5.74) is 3.60. The molecule has 0 bridgehead atoms. The number of carbonyl (C=O) groups is 2. The number of carbonyl (C=O) groups excluding carboxylic acids is 2. The van der Waals surface area contributed by atoms with Gasteiger partial charge in [-0.1, -0.05) is 32.1 Å². The molecule has 4 rings (SSSR count). The fourth-order valence-corrected chi connectivity index (χ4v) is 3.99. The van der Waals surface area contributed by atoms with Gasteiger partial charge in [0.15, 0.2) is 5.65 Å². The van der Waals surface area contributed by atoms with Crippen LogP contribution in [0, 0.1) is 0 Å². The second kappa shape index (κ2) is 10.1. The summed E-state index contributed by atoms with van der Waals surface area (Å²) in [5.74, 6) is 1.05. The van der Waals surface area contributed by atoms with Gasteiger partial charge in [0.2, 0.25) is 5.91 Å². The van der Waals surface area contributed by atoms with Crippen molar-refractivity contribution in [2.45, 2.75) is 78.4 Å². The van der Waals surface area contributed by atoms with E-state index in [0.29, 0.717) is 17.4 Å². The first kappa shape index (κ1) is 25.4. The SMILES string of the molecule is CC=CC(=O)Nc1cccc(CN(C(=O)OC(C)(C)C)c2cc(C3CC3)nc3c(C(C)C)cnn23)c1. The Bertz CT molecular complexity index is 1300. The van der Waals surface area contributed by atoms with E-state index in [4.69, 9.17) is 9.72 Å². The van der Waals surface area contributed by atoms with E-state index in [1.54, 1.807) is 22.4 Å². The minimum absolute atomic E-state index is 0.207. The monoisotopic (exact) mass is 489 g/mol. The van der Waals surface area contributed by atoms with E-state index in [1.165, 1.54) is 6.08 Å². The number of anilines is 2. The van der Waals surface area contributed by atoms with Gasteiger partial charge in [0.05, 0.1) is 12.7 Å². The number of hydrogen-bond acceptors (Lipinski definition) is 5. The van der Waals surface area contributed by atoms with Crippen molar-refractivity contribution in [2.75, 3.05) is 10.2 Å². The topological polar surface area (TPSA) is 88.8 Å². The van der Waals surface area contributed by atoms with Gasteiger partial charge >= 0.3 is 6.09 Å². The number of aromatic nitrogens is 3. The van der Waals surface area contributed by atoms with Crippen molar-refractivity contribution in [1.82, 2.24) is 14.6 Å². The molecule has 36 heavy (non-hydrogen) atoms. The standard InChI is InChI=1S/C28H35N5O3/c1-7-9-24(34)30-21-11-8-10-19(14-21)17-32(27(35)36-28(4,5)6)25-15-23(20-12-13-20)31-26-22(18(2)3)16-29-33(25)26/h7-11,14-16,18,20H,12-13,17H2,1-6H3,(H,30,34). The van der Waals surface area contributed by atoms with Gasteiger partial charge in [-0.3, -0.25) is 9.69 Å². The Morgan fingerprint density at radius 3 is 2.64 bits per heavy atom. The molecule has 2 heterocycles. The van der Waals surface area contributed by atoms with E-state index in [0.717, 1.165) is 35.3 Å². The van der Waals surface area contributed by atoms with Crippen LogP contribution < -0.4 is 10.2 Å². The summed E-state index contributed by atoms with van der Waals surface area (Å²) < 4.78 is 7.56. The van der Waals surface area contributed by atoms with E-state index in [9.17, 15) is 9.59 Å². The zero-order valence-corrected chi connectivity index (χ0v) is 21.9. The predicted molar refractivity (Wildman–Crippen MR) is 141 cm³/mol. The Labute approximate surface area is 212 Å². The van der Waals surface area contributed by atoms with Gasteiger partial charge in [-0.25, -0.2) is 9.78 Å². The van der Waals surface area contributed by atoms with Crippen LogP contribution in [0.2, 0.25) is 0 Å². The first-order valence-electron chi connectivity index (χ1n) is 12.5. The molecule has 8 heteroatoms. The number of nitrogens with zero attached hydrogens (tertiary/aromatic N) is 4. The lowest BCUT2D eigenvalue weighted by Gasteiger charge is -2.28. The number of benzene rings is 1. The third-order valence-electron chi connectivity index (χ3n) is 5.86. The van der Waals surface area contributed by atoms with Crippen molar-refractivity contribution < 1.29 is 14.3 Å². The fraction of sp³-hybridized carbons (Fsp3) is 0.429. The van der Waals surface area contributed by atoms with Gasteiger partial charge in [-0.2, -0.15) is 9.61 Å². The van der Waals surface area contributed by atoms with E-state index >= 15 is 0 Å². The summed E-state index contributed by atoms with van der Waals surface area (Å²) in [4.78, 5) is 32.1. The molecule has 1 N–H and O–H groups in total. The zero-order valence-electron chi connectivity index (χ0n) is 21.9. The van der Waals surface area contributed by atoms with E-state index < -0.39 is 11.7 Å². The lowest BCUT2D eigenvalue weighted by atomic mass is 10.1. The van der Waals surface area contributed by atoms with Crippen LogP contribution in [-0.2, 0) is 16.1 Å². The number of amides is 2. The van der Waals surface area contributed by atoms with Gasteiger partial charge in [0.25, 0.3) is 0 Å². The van der Waals surface area contributed by atoms with Gasteiger partial charge in [-0.15, -0.1) is 0 Å². The molecule has 0 saturated heterocycles. The highest BCUT2D eigenvalue weighted by molar-refractivity contribution is 5.99. The Morgan fingerprint density at radius 2 is 2.00 bits per heavy atom. The third kappa shape index (κ3) is 5.93. The van der Waals surface area contributed by atoms with Crippen molar-refractivity contribution >= 4 is 29.2 Å². The molecule has 2 aromatic heterocycles. The minimum atomic E-state index is -0.670. The van der Waals surface area contributed by atoms with Gasteiger partial charge < -0.3 is 10.1 Å². The summed E-state index contributed by atoms with van der Waals surface area (Å²) in [6.07, 6.45) is 6.70. The Balaban J connectivity index is 1.78. The summed E-state index contributed by atoms with van der Waals surface area (Å²) in [5, 5.41) is 7.47. The molecule has 3 aromatic rings. The van der Waals surface area contributed by atoms with Crippen LogP contribution in [0.5, 0.6) is 0 Å². The molecule has 0 spiro atoms. The largest absolute Gasteiger partial charge is 0.443 e. The van der Waals surface area contributed by atoms with Crippen molar-refractivity contribution in [3.63, 3.8) is 0 Å². The molecule has 190 valence electrons.